The molecule has 0 aliphatic heterocycles. The molecule has 0 radical (unpaired) electrons. The van der Waals surface area contributed by atoms with E-state index < -0.39 is 24.0 Å². The van der Waals surface area contributed by atoms with Crippen LogP contribution in [0.15, 0.2) is 48.5 Å². The Morgan fingerprint density at radius 2 is 1.52 bits per heavy atom. The molecule has 5 nitrogen and oxygen atoms in total. The van der Waals surface area contributed by atoms with Crippen LogP contribution in [-0.2, 0) is 0 Å². The van der Waals surface area contributed by atoms with Crippen molar-refractivity contribution in [3.8, 4) is 5.75 Å². The molecule has 0 aromatic heterocycles. The van der Waals surface area contributed by atoms with Crippen LogP contribution in [0.5, 0.6) is 5.75 Å². The minimum absolute atomic E-state index is 0.122. The maximum absolute atomic E-state index is 12.0. The molecule has 0 saturated carbocycles. The van der Waals surface area contributed by atoms with E-state index in [0.717, 1.165) is 12.1 Å². The molecular weight excluding hydrogens is 315 g/mol. The highest BCUT2D eigenvalue weighted by molar-refractivity contribution is 6.10. The third-order valence-electron chi connectivity index (χ3n) is 2.74. The fourth-order valence-electron chi connectivity index (χ4n) is 1.80. The fraction of sp³-hybridized carbons (Fsp3) is 0.0667. The number of halogens is 3. The molecule has 8 heteroatoms. The van der Waals surface area contributed by atoms with Crippen LogP contribution in [0.1, 0.15) is 20.7 Å². The summed E-state index contributed by atoms with van der Waals surface area (Å²) >= 11 is 0. The molecule has 0 aliphatic carbocycles. The van der Waals surface area contributed by atoms with E-state index in [1.54, 1.807) is 0 Å². The van der Waals surface area contributed by atoms with E-state index in [4.69, 9.17) is 0 Å². The summed E-state index contributed by atoms with van der Waals surface area (Å²) < 4.78 is 39.8. The number of rotatable bonds is 4. The maximum atomic E-state index is 12.0. The molecule has 0 spiro atoms. The van der Waals surface area contributed by atoms with Gasteiger partial charge in [-0.3, -0.25) is 4.79 Å². The van der Waals surface area contributed by atoms with Gasteiger partial charge in [0.1, 0.15) is 5.75 Å². The lowest BCUT2D eigenvalue weighted by Gasteiger charge is -2.12. The lowest BCUT2D eigenvalue weighted by Crippen LogP contribution is -2.26. The number of hydrogen-bond donors (Lipinski definition) is 1. The minimum Gasteiger partial charge on any atom is -0.545 e. The van der Waals surface area contributed by atoms with Crippen molar-refractivity contribution in [2.45, 2.75) is 6.36 Å². The van der Waals surface area contributed by atoms with E-state index in [1.165, 1.54) is 36.4 Å². The molecular formula is C15H9F3NO4-. The zero-order chi connectivity index (χ0) is 17.0. The summed E-state index contributed by atoms with van der Waals surface area (Å²) in [5.74, 6) is -2.68. The van der Waals surface area contributed by atoms with Crippen molar-refractivity contribution in [2.24, 2.45) is 0 Å². The summed E-state index contributed by atoms with van der Waals surface area (Å²) in [4.78, 5) is 23.0. The van der Waals surface area contributed by atoms with Crippen molar-refractivity contribution in [1.82, 2.24) is 0 Å². The summed E-state index contributed by atoms with van der Waals surface area (Å²) in [6.45, 7) is 0. The molecule has 0 unspecified atom stereocenters. The third-order valence-corrected chi connectivity index (χ3v) is 2.74. The van der Waals surface area contributed by atoms with Crippen LogP contribution in [-0.4, -0.2) is 18.2 Å². The first-order valence-electron chi connectivity index (χ1n) is 6.24. The summed E-state index contributed by atoms with van der Waals surface area (Å²) in [5.41, 5.74) is -0.234. The number of carbonyl (C=O) groups excluding carboxylic acids is 2. The van der Waals surface area contributed by atoms with Crippen molar-refractivity contribution in [1.29, 1.82) is 0 Å². The lowest BCUT2D eigenvalue weighted by atomic mass is 10.1. The van der Waals surface area contributed by atoms with Crippen molar-refractivity contribution >= 4 is 17.6 Å². The Hall–Kier alpha value is -3.03. The number of carbonyl (C=O) groups is 2. The molecule has 1 N–H and O–H groups in total. The van der Waals surface area contributed by atoms with Gasteiger partial charge in [-0.1, -0.05) is 18.2 Å². The SMILES string of the molecule is O=C([O-])c1ccccc1C(=O)Nc1ccc(OC(F)(F)F)cc1. The van der Waals surface area contributed by atoms with Gasteiger partial charge in [0.25, 0.3) is 5.91 Å². The number of carboxylic acid groups (broad SMARTS) is 1. The summed E-state index contributed by atoms with van der Waals surface area (Å²) in [6, 6.07) is 9.85. The van der Waals surface area contributed by atoms with Gasteiger partial charge < -0.3 is 20.0 Å². The number of benzene rings is 2. The topological polar surface area (TPSA) is 78.5 Å². The van der Waals surface area contributed by atoms with E-state index in [-0.39, 0.29) is 16.8 Å². The highest BCUT2D eigenvalue weighted by atomic mass is 19.4. The highest BCUT2D eigenvalue weighted by Gasteiger charge is 2.30. The van der Waals surface area contributed by atoms with Gasteiger partial charge in [-0.25, -0.2) is 0 Å². The molecule has 120 valence electrons. The molecule has 0 heterocycles. The van der Waals surface area contributed by atoms with E-state index in [0.29, 0.717) is 0 Å². The number of hydrogen-bond acceptors (Lipinski definition) is 4. The summed E-state index contributed by atoms with van der Waals surface area (Å²) in [6.07, 6.45) is -4.81. The van der Waals surface area contributed by atoms with Crippen LogP contribution in [0.25, 0.3) is 0 Å². The number of alkyl halides is 3. The molecule has 0 aliphatic rings. The molecule has 0 atom stereocenters. The second-order valence-corrected chi connectivity index (χ2v) is 4.36. The Bertz CT molecular complexity index is 726. The normalized spacial score (nSPS) is 10.9. The van der Waals surface area contributed by atoms with E-state index in [9.17, 15) is 27.9 Å². The Labute approximate surface area is 128 Å². The molecule has 2 aromatic carbocycles. The van der Waals surface area contributed by atoms with Crippen LogP contribution in [0.3, 0.4) is 0 Å². The number of carboxylic acids is 1. The number of amides is 1. The molecule has 2 rings (SSSR count). The molecule has 23 heavy (non-hydrogen) atoms. The van der Waals surface area contributed by atoms with Gasteiger partial charge in [-0.05, 0) is 30.3 Å². The fourth-order valence-corrected chi connectivity index (χ4v) is 1.80. The van der Waals surface area contributed by atoms with E-state index >= 15 is 0 Å². The average molecular weight is 324 g/mol. The second kappa shape index (κ2) is 6.39. The van der Waals surface area contributed by atoms with Crippen molar-refractivity contribution in [2.75, 3.05) is 5.32 Å². The highest BCUT2D eigenvalue weighted by Crippen LogP contribution is 2.24. The maximum Gasteiger partial charge on any atom is 0.573 e. The quantitative estimate of drug-likeness (QED) is 0.935. The van der Waals surface area contributed by atoms with Crippen LogP contribution >= 0.6 is 0 Å². The van der Waals surface area contributed by atoms with Crippen LogP contribution in [0.2, 0.25) is 0 Å². The monoisotopic (exact) mass is 324 g/mol. The summed E-state index contributed by atoms with van der Waals surface area (Å²) in [7, 11) is 0. The smallest absolute Gasteiger partial charge is 0.545 e. The second-order valence-electron chi connectivity index (χ2n) is 4.36. The molecule has 0 saturated heterocycles. The van der Waals surface area contributed by atoms with Gasteiger partial charge in [0.2, 0.25) is 0 Å². The number of ether oxygens (including phenoxy) is 1. The van der Waals surface area contributed by atoms with Crippen molar-refractivity contribution in [3.63, 3.8) is 0 Å². The molecule has 1 amide bonds. The molecule has 0 fully saturated rings. The number of anilines is 1. The first kappa shape index (κ1) is 16.3. The first-order chi connectivity index (χ1) is 10.8. The standard InChI is InChI=1S/C15H10F3NO4/c16-15(17,18)23-10-7-5-9(6-8-10)19-13(20)11-3-1-2-4-12(11)14(21)22/h1-8H,(H,19,20)(H,21,22)/p-1. The van der Waals surface area contributed by atoms with Crippen molar-refractivity contribution < 1.29 is 32.6 Å². The van der Waals surface area contributed by atoms with Gasteiger partial charge >= 0.3 is 6.36 Å². The largest absolute Gasteiger partial charge is 0.573 e. The van der Waals surface area contributed by atoms with Gasteiger partial charge in [-0.2, -0.15) is 0 Å². The van der Waals surface area contributed by atoms with Gasteiger partial charge in [0.15, 0.2) is 0 Å². The zero-order valence-electron chi connectivity index (χ0n) is 11.4. The Morgan fingerprint density at radius 3 is 2.04 bits per heavy atom. The van der Waals surface area contributed by atoms with Crippen LogP contribution < -0.4 is 15.2 Å². The third kappa shape index (κ3) is 4.47. The number of nitrogens with one attached hydrogen (secondary N) is 1. The van der Waals surface area contributed by atoms with Gasteiger partial charge in [-0.15, -0.1) is 13.2 Å². The minimum atomic E-state index is -4.81. The van der Waals surface area contributed by atoms with Crippen LogP contribution in [0, 0.1) is 0 Å². The molecule has 2 aromatic rings. The Kier molecular flexibility index (Phi) is 4.54. The average Bonchev–Trinajstić information content (AvgIpc) is 2.47. The Morgan fingerprint density at radius 1 is 0.957 bits per heavy atom. The lowest BCUT2D eigenvalue weighted by molar-refractivity contribution is -0.274. The van der Waals surface area contributed by atoms with Crippen molar-refractivity contribution in [3.05, 3.63) is 59.7 Å². The van der Waals surface area contributed by atoms with Gasteiger partial charge in [0, 0.05) is 16.8 Å². The predicted octanol–water partition coefficient (Wildman–Crippen LogP) is 2.20. The van der Waals surface area contributed by atoms with E-state index in [2.05, 4.69) is 10.1 Å². The zero-order valence-corrected chi connectivity index (χ0v) is 11.4. The first-order valence-corrected chi connectivity index (χ1v) is 6.24. The van der Waals surface area contributed by atoms with Crippen LogP contribution in [0.4, 0.5) is 18.9 Å². The predicted molar refractivity (Wildman–Crippen MR) is 71.9 cm³/mol. The number of aromatic carboxylic acids is 1. The Balaban J connectivity index is 2.14. The summed E-state index contributed by atoms with van der Waals surface area (Å²) in [5, 5.41) is 13.3. The molecule has 0 bridgehead atoms. The van der Waals surface area contributed by atoms with E-state index in [1.807, 2.05) is 0 Å². The van der Waals surface area contributed by atoms with Gasteiger partial charge in [0.05, 0.1) is 5.97 Å².